The highest BCUT2D eigenvalue weighted by Crippen LogP contribution is 2.24. The standard InChI is InChI=1S/C49H71N7O20/c57-37-14-8-30(10-16-40(60)51-20-4-1-2-7-39(59)50-21-5-3-6-34(46(70)71)53-49(76)54-36(48(74)75)13-19-43(64)65)24-32(37)26-55(28-44(66)67)22-23-56(29-45(68)69)27-33-25-31(9-15-38(33)58)11-17-41(61)52-35(47(72)73)12-18-42(62)63/h8-9,14-15,24-25,34-36,39,50,57-59H,1-7,10-13,16-23,26-29H2,(H,51,60)(H,52,61)(H,62,63)(H,64,65)(H,66,67)(H,68,69)(H,70,71)(H,72,73)(H,74,75)(H2,53,54,76)/t34-,35-,36-,39?/m0/s1. The van der Waals surface area contributed by atoms with E-state index in [2.05, 4.69) is 26.6 Å². The molecule has 0 bridgehead atoms. The van der Waals surface area contributed by atoms with E-state index >= 15 is 0 Å². The number of carboxylic acids is 7. The first-order valence-electron chi connectivity index (χ1n) is 24.6. The minimum absolute atomic E-state index is 0.00219. The third kappa shape index (κ3) is 28.2. The van der Waals surface area contributed by atoms with Crippen molar-refractivity contribution in [3.8, 4) is 11.5 Å². The van der Waals surface area contributed by atoms with Gasteiger partial charge in [-0.1, -0.05) is 30.7 Å². The number of nitrogens with zero attached hydrogens (tertiary/aromatic N) is 2. The Bertz CT molecular complexity index is 2280. The van der Waals surface area contributed by atoms with E-state index in [1.54, 1.807) is 18.2 Å². The average Bonchev–Trinajstić information content (AvgIpc) is 3.33. The predicted molar refractivity (Wildman–Crippen MR) is 266 cm³/mol. The van der Waals surface area contributed by atoms with Crippen LogP contribution in [0.3, 0.4) is 0 Å². The van der Waals surface area contributed by atoms with E-state index in [9.17, 15) is 88.8 Å². The summed E-state index contributed by atoms with van der Waals surface area (Å²) in [5.41, 5.74) is 1.89. The third-order valence-electron chi connectivity index (χ3n) is 11.7. The molecule has 0 aliphatic heterocycles. The number of phenolic OH excluding ortho intramolecular Hbond substituents is 2. The molecule has 0 radical (unpaired) electrons. The smallest absolute Gasteiger partial charge is 0.326 e. The molecule has 2 rings (SSSR count). The van der Waals surface area contributed by atoms with Gasteiger partial charge in [-0.15, -0.1) is 0 Å². The number of carboxylic acid groups (broad SMARTS) is 7. The molecule has 422 valence electrons. The van der Waals surface area contributed by atoms with Crippen molar-refractivity contribution >= 4 is 59.6 Å². The largest absolute Gasteiger partial charge is 0.508 e. The van der Waals surface area contributed by atoms with Gasteiger partial charge in [0.25, 0.3) is 0 Å². The number of unbranched alkanes of at least 4 members (excludes halogenated alkanes) is 3. The zero-order chi connectivity index (χ0) is 56.7. The Hall–Kier alpha value is -7.62. The van der Waals surface area contributed by atoms with Crippen LogP contribution in [0.4, 0.5) is 4.79 Å². The fraction of sp³-hybridized carbons (Fsp3) is 0.551. The number of nitrogens with one attached hydrogen (secondary N) is 5. The molecule has 0 aromatic heterocycles. The topological polar surface area (TPSA) is 440 Å². The molecule has 0 saturated heterocycles. The van der Waals surface area contributed by atoms with Gasteiger partial charge in [-0.3, -0.25) is 43.9 Å². The number of urea groups is 1. The maximum Gasteiger partial charge on any atom is 0.326 e. The zero-order valence-corrected chi connectivity index (χ0v) is 42.0. The van der Waals surface area contributed by atoms with Gasteiger partial charge in [0.05, 0.1) is 13.1 Å². The molecule has 0 spiro atoms. The Balaban J connectivity index is 1.81. The van der Waals surface area contributed by atoms with E-state index in [-0.39, 0.29) is 88.5 Å². The lowest BCUT2D eigenvalue weighted by Gasteiger charge is -2.26. The molecule has 0 aliphatic rings. The molecule has 1 unspecified atom stereocenters. The van der Waals surface area contributed by atoms with Gasteiger partial charge in [0.2, 0.25) is 11.8 Å². The number of aliphatic hydroxyl groups is 1. The van der Waals surface area contributed by atoms with Crippen LogP contribution in [0, 0.1) is 0 Å². The molecular weight excluding hydrogens is 1010 g/mol. The molecule has 2 aromatic carbocycles. The van der Waals surface area contributed by atoms with Crippen LogP contribution in [-0.4, -0.2) is 184 Å². The van der Waals surface area contributed by atoms with Crippen molar-refractivity contribution in [3.63, 3.8) is 0 Å². The minimum Gasteiger partial charge on any atom is -0.508 e. The maximum atomic E-state index is 12.7. The Morgan fingerprint density at radius 2 is 0.908 bits per heavy atom. The SMILES string of the molecule is O=C(O)CC[C@H](NC(=O)CCc1ccc(O)c(CN(CCN(CC(=O)O)Cc2cc(CCC(=O)NCCCCCC(O)NCCCC[C@H](NC(=O)N[C@@H](CCC(=O)O)C(=O)O)C(=O)O)ccc2O)CC(=O)O)c1)C(=O)O. The number of hydrogen-bond acceptors (Lipinski definition) is 16. The summed E-state index contributed by atoms with van der Waals surface area (Å²) in [6.07, 6.45) is 0.923. The quantitative estimate of drug-likeness (QED) is 0.0322. The summed E-state index contributed by atoms with van der Waals surface area (Å²) in [5, 5.41) is 109. The number of amides is 4. The number of aryl methyl sites for hydroxylation is 2. The van der Waals surface area contributed by atoms with Gasteiger partial charge in [0.1, 0.15) is 35.9 Å². The van der Waals surface area contributed by atoms with Crippen LogP contribution >= 0.6 is 0 Å². The second-order valence-corrected chi connectivity index (χ2v) is 18.0. The molecule has 0 fully saturated rings. The van der Waals surface area contributed by atoms with Crippen LogP contribution in [0.15, 0.2) is 36.4 Å². The molecule has 4 amide bonds. The van der Waals surface area contributed by atoms with Crippen LogP contribution in [0.5, 0.6) is 11.5 Å². The van der Waals surface area contributed by atoms with E-state index < -0.39 is 104 Å². The molecule has 15 N–H and O–H groups in total. The summed E-state index contributed by atoms with van der Waals surface area (Å²) in [5.74, 6) is -10.3. The second kappa shape index (κ2) is 34.8. The summed E-state index contributed by atoms with van der Waals surface area (Å²) in [6, 6.07) is 3.82. The highest BCUT2D eigenvalue weighted by Gasteiger charge is 2.26. The molecule has 27 heteroatoms. The highest BCUT2D eigenvalue weighted by molar-refractivity contribution is 5.86. The number of carbonyl (C=O) groups is 10. The average molecular weight is 1080 g/mol. The molecule has 0 heterocycles. The molecule has 76 heavy (non-hydrogen) atoms. The van der Waals surface area contributed by atoms with Gasteiger partial charge < -0.3 is 72.3 Å². The van der Waals surface area contributed by atoms with Gasteiger partial charge in [0.15, 0.2) is 0 Å². The number of phenols is 2. The van der Waals surface area contributed by atoms with Crippen LogP contribution in [0.2, 0.25) is 0 Å². The second-order valence-electron chi connectivity index (χ2n) is 18.0. The minimum atomic E-state index is -1.52. The van der Waals surface area contributed by atoms with Crippen LogP contribution < -0.4 is 26.6 Å². The van der Waals surface area contributed by atoms with Crippen molar-refractivity contribution in [2.24, 2.45) is 0 Å². The summed E-state index contributed by atoms with van der Waals surface area (Å²) < 4.78 is 0. The Morgan fingerprint density at radius 3 is 1.37 bits per heavy atom. The fourth-order valence-corrected chi connectivity index (χ4v) is 7.67. The van der Waals surface area contributed by atoms with Crippen LogP contribution in [0.25, 0.3) is 0 Å². The number of rotatable bonds is 41. The van der Waals surface area contributed by atoms with E-state index in [0.29, 0.717) is 73.9 Å². The van der Waals surface area contributed by atoms with Crippen molar-refractivity contribution in [1.82, 2.24) is 36.4 Å². The van der Waals surface area contributed by atoms with Crippen molar-refractivity contribution in [2.75, 3.05) is 39.3 Å². The van der Waals surface area contributed by atoms with Gasteiger partial charge in [-0.05, 0) is 94.0 Å². The number of hydrogen-bond donors (Lipinski definition) is 15. The van der Waals surface area contributed by atoms with Crippen molar-refractivity contribution in [3.05, 3.63) is 58.7 Å². The first-order chi connectivity index (χ1) is 35.9. The van der Waals surface area contributed by atoms with Crippen molar-refractivity contribution < 1.29 is 99.0 Å². The first-order valence-corrected chi connectivity index (χ1v) is 24.6. The van der Waals surface area contributed by atoms with E-state index in [1.165, 1.54) is 28.0 Å². The number of aromatic hydroxyl groups is 2. The summed E-state index contributed by atoms with van der Waals surface area (Å²) in [6.45, 7) is -0.411. The Morgan fingerprint density at radius 1 is 0.474 bits per heavy atom. The predicted octanol–water partition coefficient (Wildman–Crippen LogP) is 0.696. The maximum absolute atomic E-state index is 12.7. The normalized spacial score (nSPS) is 12.7. The van der Waals surface area contributed by atoms with Gasteiger partial charge in [-0.2, -0.15) is 0 Å². The fourth-order valence-electron chi connectivity index (χ4n) is 7.67. The van der Waals surface area contributed by atoms with Crippen molar-refractivity contribution in [1.29, 1.82) is 0 Å². The van der Waals surface area contributed by atoms with Gasteiger partial charge in [-0.25, -0.2) is 19.2 Å². The summed E-state index contributed by atoms with van der Waals surface area (Å²) >= 11 is 0. The molecule has 4 atom stereocenters. The molecule has 0 saturated carbocycles. The lowest BCUT2D eigenvalue weighted by Crippen LogP contribution is -2.51. The molecular formula is C49H71N7O20. The Labute approximate surface area is 437 Å². The van der Waals surface area contributed by atoms with E-state index in [0.717, 1.165) is 0 Å². The van der Waals surface area contributed by atoms with Gasteiger partial charge >= 0.3 is 47.8 Å². The molecule has 2 aromatic rings. The van der Waals surface area contributed by atoms with Crippen molar-refractivity contribution in [2.45, 2.75) is 134 Å². The van der Waals surface area contributed by atoms with E-state index in [1.807, 2.05) is 0 Å². The lowest BCUT2D eigenvalue weighted by molar-refractivity contribution is -0.143. The van der Waals surface area contributed by atoms with Crippen LogP contribution in [0.1, 0.15) is 106 Å². The number of aliphatic carboxylic acids is 7. The summed E-state index contributed by atoms with van der Waals surface area (Å²) in [4.78, 5) is 120. The summed E-state index contributed by atoms with van der Waals surface area (Å²) in [7, 11) is 0. The molecule has 0 aliphatic carbocycles. The van der Waals surface area contributed by atoms with E-state index in [4.69, 9.17) is 10.2 Å². The highest BCUT2D eigenvalue weighted by atomic mass is 16.4. The Kier molecular flexibility index (Phi) is 29.5. The zero-order valence-electron chi connectivity index (χ0n) is 42.0. The number of benzene rings is 2. The number of carbonyl (C=O) groups excluding carboxylic acids is 3. The molecule has 27 nitrogen and oxygen atoms in total. The third-order valence-corrected chi connectivity index (χ3v) is 11.7. The van der Waals surface area contributed by atoms with Gasteiger partial charge in [0, 0.05) is 69.5 Å². The monoisotopic (exact) mass is 1080 g/mol. The lowest BCUT2D eigenvalue weighted by atomic mass is 10.0. The number of aliphatic hydroxyl groups excluding tert-OH is 1. The van der Waals surface area contributed by atoms with Crippen LogP contribution in [-0.2, 0) is 69.1 Å². The first kappa shape index (κ1) is 64.5.